The molecule has 0 aromatic heterocycles. The lowest BCUT2D eigenvalue weighted by Crippen LogP contribution is -2.52. The first-order valence-electron chi connectivity index (χ1n) is 7.43. The third-order valence-electron chi connectivity index (χ3n) is 3.65. The summed E-state index contributed by atoms with van der Waals surface area (Å²) < 4.78 is 78.0. The van der Waals surface area contributed by atoms with Gasteiger partial charge in [0.15, 0.2) is 0 Å². The van der Waals surface area contributed by atoms with Crippen molar-refractivity contribution >= 4 is 11.9 Å². The van der Waals surface area contributed by atoms with Crippen LogP contribution in [-0.4, -0.2) is 60.2 Å². The highest BCUT2D eigenvalue weighted by Gasteiger charge is 2.43. The van der Waals surface area contributed by atoms with Crippen molar-refractivity contribution in [3.8, 4) is 5.75 Å². The summed E-state index contributed by atoms with van der Waals surface area (Å²) in [6.45, 7) is 0.358. The number of carbonyl (C=O) groups excluding carboxylic acids is 2. The van der Waals surface area contributed by atoms with Crippen LogP contribution in [0.1, 0.15) is 5.56 Å². The molecule has 1 aromatic carbocycles. The zero-order chi connectivity index (χ0) is 19.5. The van der Waals surface area contributed by atoms with Crippen LogP contribution in [0.25, 0.3) is 0 Å². The lowest BCUT2D eigenvalue weighted by Gasteiger charge is -2.35. The molecule has 1 amide bonds. The monoisotopic (exact) mass is 384 g/mol. The van der Waals surface area contributed by atoms with E-state index < -0.39 is 24.2 Å². The van der Waals surface area contributed by atoms with Crippen molar-refractivity contribution in [2.45, 2.75) is 18.9 Å². The minimum Gasteiger partial charge on any atom is -0.420 e. The number of piperazine rings is 1. The van der Waals surface area contributed by atoms with Crippen molar-refractivity contribution in [2.75, 3.05) is 26.2 Å². The number of rotatable bonds is 3. The van der Waals surface area contributed by atoms with E-state index in [0.717, 1.165) is 0 Å². The van der Waals surface area contributed by atoms with E-state index in [1.807, 2.05) is 0 Å². The summed E-state index contributed by atoms with van der Waals surface area (Å²) in [5.41, 5.74) is 0.521. The second kappa shape index (κ2) is 7.52. The third-order valence-corrected chi connectivity index (χ3v) is 3.65. The molecule has 0 N–H and O–H groups in total. The van der Waals surface area contributed by atoms with Gasteiger partial charge >= 0.3 is 24.2 Å². The Morgan fingerprint density at radius 2 is 1.58 bits per heavy atom. The number of nitrogens with zero attached hydrogens (tertiary/aromatic N) is 2. The molecule has 11 heteroatoms. The first-order valence-corrected chi connectivity index (χ1v) is 7.43. The van der Waals surface area contributed by atoms with Crippen LogP contribution in [0.15, 0.2) is 24.3 Å². The van der Waals surface area contributed by atoms with E-state index in [-0.39, 0.29) is 38.5 Å². The number of ether oxygens (including phenoxy) is 1. The van der Waals surface area contributed by atoms with Crippen LogP contribution in [0, 0.1) is 0 Å². The molecule has 1 aliphatic heterocycles. The number of hydrogen-bond acceptors (Lipinski definition) is 4. The van der Waals surface area contributed by atoms with E-state index in [4.69, 9.17) is 0 Å². The standard InChI is InChI=1S/C15H14F6N2O3/c16-14(17,18)12(24)23-6-4-22(5-7-23)9-10-2-1-3-11(8-10)26-13(25)15(19,20)21/h1-3,8H,4-7,9H2. The lowest BCUT2D eigenvalue weighted by atomic mass is 10.2. The quantitative estimate of drug-likeness (QED) is 0.456. The summed E-state index contributed by atoms with van der Waals surface area (Å²) in [6, 6.07) is 5.42. The summed E-state index contributed by atoms with van der Waals surface area (Å²) >= 11 is 0. The molecule has 26 heavy (non-hydrogen) atoms. The Bertz CT molecular complexity index is 666. The minimum absolute atomic E-state index is 0.110. The molecule has 0 unspecified atom stereocenters. The summed E-state index contributed by atoms with van der Waals surface area (Å²) in [4.78, 5) is 24.4. The molecule has 1 fully saturated rings. The van der Waals surface area contributed by atoms with E-state index in [1.54, 1.807) is 11.0 Å². The smallest absolute Gasteiger partial charge is 0.420 e. The number of halogens is 6. The lowest BCUT2D eigenvalue weighted by molar-refractivity contribution is -0.189. The van der Waals surface area contributed by atoms with Gasteiger partial charge < -0.3 is 9.64 Å². The fourth-order valence-electron chi connectivity index (χ4n) is 2.42. The zero-order valence-electron chi connectivity index (χ0n) is 13.2. The van der Waals surface area contributed by atoms with E-state index in [2.05, 4.69) is 4.74 Å². The fourth-order valence-corrected chi connectivity index (χ4v) is 2.42. The molecule has 5 nitrogen and oxygen atoms in total. The van der Waals surface area contributed by atoms with Gasteiger partial charge in [0.25, 0.3) is 0 Å². The Morgan fingerprint density at radius 1 is 0.962 bits per heavy atom. The van der Waals surface area contributed by atoms with Crippen LogP contribution in [0.3, 0.4) is 0 Å². The molecule has 1 heterocycles. The van der Waals surface area contributed by atoms with Crippen molar-refractivity contribution in [3.63, 3.8) is 0 Å². The molecule has 0 spiro atoms. The topological polar surface area (TPSA) is 49.9 Å². The predicted octanol–water partition coefficient (Wildman–Crippen LogP) is 2.36. The van der Waals surface area contributed by atoms with Gasteiger partial charge in [0.05, 0.1) is 0 Å². The molecule has 0 bridgehead atoms. The SMILES string of the molecule is O=C(Oc1cccc(CN2CCN(C(=O)C(F)(F)F)CC2)c1)C(F)(F)F. The molecule has 0 aliphatic carbocycles. The Morgan fingerprint density at radius 3 is 2.12 bits per heavy atom. The second-order valence-corrected chi connectivity index (χ2v) is 5.60. The van der Waals surface area contributed by atoms with Gasteiger partial charge in [-0.15, -0.1) is 0 Å². The third kappa shape index (κ3) is 5.35. The summed E-state index contributed by atoms with van der Waals surface area (Å²) in [5, 5.41) is 0. The van der Waals surface area contributed by atoms with E-state index >= 15 is 0 Å². The van der Waals surface area contributed by atoms with Gasteiger partial charge in [0.1, 0.15) is 5.75 Å². The van der Waals surface area contributed by atoms with Crippen molar-refractivity contribution in [2.24, 2.45) is 0 Å². The highest BCUT2D eigenvalue weighted by Crippen LogP contribution is 2.22. The van der Waals surface area contributed by atoms with Gasteiger partial charge in [0.2, 0.25) is 0 Å². The van der Waals surface area contributed by atoms with E-state index in [9.17, 15) is 35.9 Å². The van der Waals surface area contributed by atoms with Crippen LogP contribution in [-0.2, 0) is 16.1 Å². The van der Waals surface area contributed by atoms with Crippen LogP contribution >= 0.6 is 0 Å². The summed E-state index contributed by atoms with van der Waals surface area (Å²) in [5.74, 6) is -4.51. The highest BCUT2D eigenvalue weighted by molar-refractivity contribution is 5.82. The number of benzene rings is 1. The molecule has 1 aromatic rings. The van der Waals surface area contributed by atoms with Gasteiger partial charge in [-0.25, -0.2) is 4.79 Å². The molecule has 0 radical (unpaired) electrons. The second-order valence-electron chi connectivity index (χ2n) is 5.60. The molecule has 144 valence electrons. The molecule has 1 saturated heterocycles. The van der Waals surface area contributed by atoms with Gasteiger partial charge in [-0.3, -0.25) is 9.69 Å². The van der Waals surface area contributed by atoms with E-state index in [0.29, 0.717) is 10.5 Å². The summed E-state index contributed by atoms with van der Waals surface area (Å²) in [6.07, 6.45) is -10.0. The molecular formula is C15H14F6N2O3. The Kier molecular flexibility index (Phi) is 5.79. The Hall–Kier alpha value is -2.30. The average Bonchev–Trinajstić information content (AvgIpc) is 2.53. The Labute approximate surface area is 144 Å². The predicted molar refractivity (Wildman–Crippen MR) is 76.0 cm³/mol. The molecule has 0 atom stereocenters. The number of alkyl halides is 6. The molecule has 2 rings (SSSR count). The maximum Gasteiger partial charge on any atom is 0.491 e. The van der Waals surface area contributed by atoms with Crippen LogP contribution in [0.4, 0.5) is 26.3 Å². The maximum atomic E-state index is 12.4. The van der Waals surface area contributed by atoms with Gasteiger partial charge in [-0.05, 0) is 17.7 Å². The Balaban J connectivity index is 1.92. The number of amides is 1. The number of carbonyl (C=O) groups is 2. The summed E-state index contributed by atoms with van der Waals surface area (Å²) in [7, 11) is 0. The maximum absolute atomic E-state index is 12.4. The molecule has 0 saturated carbocycles. The minimum atomic E-state index is -5.11. The van der Waals surface area contributed by atoms with Crippen LogP contribution in [0.2, 0.25) is 0 Å². The van der Waals surface area contributed by atoms with Crippen molar-refractivity contribution in [3.05, 3.63) is 29.8 Å². The average molecular weight is 384 g/mol. The number of hydrogen-bond donors (Lipinski definition) is 0. The fraction of sp³-hybridized carbons (Fsp3) is 0.467. The van der Waals surface area contributed by atoms with Crippen LogP contribution in [0.5, 0.6) is 5.75 Å². The first-order chi connectivity index (χ1) is 12.0. The highest BCUT2D eigenvalue weighted by atomic mass is 19.4. The van der Waals surface area contributed by atoms with Gasteiger partial charge in [0, 0.05) is 32.7 Å². The first kappa shape index (κ1) is 20.0. The zero-order valence-corrected chi connectivity index (χ0v) is 13.2. The molecular weight excluding hydrogens is 370 g/mol. The normalized spacial score (nSPS) is 16.5. The van der Waals surface area contributed by atoms with Crippen LogP contribution < -0.4 is 4.74 Å². The number of esters is 1. The molecule has 1 aliphatic rings. The van der Waals surface area contributed by atoms with Crippen molar-refractivity contribution in [1.82, 2.24) is 9.80 Å². The van der Waals surface area contributed by atoms with Crippen molar-refractivity contribution < 1.29 is 40.7 Å². The largest absolute Gasteiger partial charge is 0.491 e. The van der Waals surface area contributed by atoms with Gasteiger partial charge in [-0.1, -0.05) is 12.1 Å². The van der Waals surface area contributed by atoms with E-state index in [1.165, 1.54) is 18.2 Å². The van der Waals surface area contributed by atoms with Crippen molar-refractivity contribution in [1.29, 1.82) is 0 Å². The van der Waals surface area contributed by atoms with Gasteiger partial charge in [-0.2, -0.15) is 26.3 Å².